The summed E-state index contributed by atoms with van der Waals surface area (Å²) in [5.74, 6) is 0.273. The summed E-state index contributed by atoms with van der Waals surface area (Å²) in [4.78, 5) is 0. The van der Waals surface area contributed by atoms with E-state index >= 15 is 0 Å². The van der Waals surface area contributed by atoms with Gasteiger partial charge in [0.05, 0.1) is 19.3 Å². The molecule has 0 aliphatic heterocycles. The minimum Gasteiger partial charge on any atom is -0.508 e. The van der Waals surface area contributed by atoms with Crippen LogP contribution in [-0.2, 0) is 11.3 Å². The molecule has 0 aliphatic rings. The van der Waals surface area contributed by atoms with Crippen LogP contribution in [0.3, 0.4) is 0 Å². The number of rotatable bonds is 4. The van der Waals surface area contributed by atoms with Crippen molar-refractivity contribution in [3.63, 3.8) is 0 Å². The summed E-state index contributed by atoms with van der Waals surface area (Å²) in [6.07, 6.45) is 3.76. The number of nitrogens with zero attached hydrogens (tertiary/aromatic N) is 2. The van der Waals surface area contributed by atoms with Crippen molar-refractivity contribution in [2.45, 2.75) is 13.5 Å². The SMILES string of the molecule is COCCn1cc(-c2cc(O)ccc2C)cn1. The summed E-state index contributed by atoms with van der Waals surface area (Å²) >= 11 is 0. The third kappa shape index (κ3) is 2.65. The molecule has 1 N–H and O–H groups in total. The molecule has 0 radical (unpaired) electrons. The molecule has 0 spiro atoms. The van der Waals surface area contributed by atoms with Gasteiger partial charge in [0.1, 0.15) is 5.75 Å². The molecule has 2 rings (SSSR count). The molecule has 0 unspecified atom stereocenters. The second kappa shape index (κ2) is 5.01. The van der Waals surface area contributed by atoms with Gasteiger partial charge >= 0.3 is 0 Å². The van der Waals surface area contributed by atoms with Crippen LogP contribution < -0.4 is 0 Å². The molecule has 0 amide bonds. The third-order valence-electron chi connectivity index (χ3n) is 2.69. The molecule has 1 aromatic heterocycles. The normalized spacial score (nSPS) is 10.7. The fourth-order valence-corrected chi connectivity index (χ4v) is 1.73. The molecular formula is C13H16N2O2. The lowest BCUT2D eigenvalue weighted by Gasteiger charge is -2.03. The van der Waals surface area contributed by atoms with Crippen molar-refractivity contribution in [3.8, 4) is 16.9 Å². The van der Waals surface area contributed by atoms with Gasteiger partial charge < -0.3 is 9.84 Å². The molecule has 90 valence electrons. The van der Waals surface area contributed by atoms with Crippen LogP contribution >= 0.6 is 0 Å². The second-order valence-corrected chi connectivity index (χ2v) is 3.98. The summed E-state index contributed by atoms with van der Waals surface area (Å²) in [6, 6.07) is 5.35. The molecule has 0 saturated heterocycles. The molecule has 1 heterocycles. The first-order chi connectivity index (χ1) is 8.20. The fraction of sp³-hybridized carbons (Fsp3) is 0.308. The zero-order chi connectivity index (χ0) is 12.3. The minimum absolute atomic E-state index is 0.273. The van der Waals surface area contributed by atoms with E-state index in [0.717, 1.165) is 23.2 Å². The van der Waals surface area contributed by atoms with Crippen molar-refractivity contribution in [1.29, 1.82) is 0 Å². The Hall–Kier alpha value is -1.81. The van der Waals surface area contributed by atoms with Crippen LogP contribution in [0.25, 0.3) is 11.1 Å². The lowest BCUT2D eigenvalue weighted by atomic mass is 10.0. The maximum atomic E-state index is 9.50. The highest BCUT2D eigenvalue weighted by molar-refractivity contribution is 5.67. The number of methoxy groups -OCH3 is 1. The van der Waals surface area contributed by atoms with E-state index in [9.17, 15) is 5.11 Å². The van der Waals surface area contributed by atoms with Gasteiger partial charge in [-0.05, 0) is 30.2 Å². The van der Waals surface area contributed by atoms with Gasteiger partial charge in [-0.25, -0.2) is 0 Å². The van der Waals surface area contributed by atoms with Crippen LogP contribution in [0.15, 0.2) is 30.6 Å². The third-order valence-corrected chi connectivity index (χ3v) is 2.69. The lowest BCUT2D eigenvalue weighted by molar-refractivity contribution is 0.183. The van der Waals surface area contributed by atoms with E-state index in [1.54, 1.807) is 25.4 Å². The van der Waals surface area contributed by atoms with Crippen molar-refractivity contribution >= 4 is 0 Å². The maximum absolute atomic E-state index is 9.50. The van der Waals surface area contributed by atoms with Crippen molar-refractivity contribution < 1.29 is 9.84 Å². The monoisotopic (exact) mass is 232 g/mol. The quantitative estimate of drug-likeness (QED) is 0.879. The van der Waals surface area contributed by atoms with Crippen LogP contribution in [0.5, 0.6) is 5.75 Å². The van der Waals surface area contributed by atoms with Crippen LogP contribution in [0.2, 0.25) is 0 Å². The molecule has 17 heavy (non-hydrogen) atoms. The van der Waals surface area contributed by atoms with E-state index in [-0.39, 0.29) is 5.75 Å². The number of aromatic nitrogens is 2. The fourth-order valence-electron chi connectivity index (χ4n) is 1.73. The largest absolute Gasteiger partial charge is 0.508 e. The van der Waals surface area contributed by atoms with Gasteiger partial charge in [0.2, 0.25) is 0 Å². The highest BCUT2D eigenvalue weighted by Crippen LogP contribution is 2.26. The average molecular weight is 232 g/mol. The highest BCUT2D eigenvalue weighted by atomic mass is 16.5. The molecule has 4 nitrogen and oxygen atoms in total. The highest BCUT2D eigenvalue weighted by Gasteiger charge is 2.05. The summed E-state index contributed by atoms with van der Waals surface area (Å²) in [5, 5.41) is 13.8. The van der Waals surface area contributed by atoms with E-state index in [4.69, 9.17) is 4.74 Å². The van der Waals surface area contributed by atoms with E-state index < -0.39 is 0 Å². The summed E-state index contributed by atoms with van der Waals surface area (Å²) in [5.41, 5.74) is 3.14. The van der Waals surface area contributed by atoms with Gasteiger partial charge in [0.25, 0.3) is 0 Å². The molecule has 0 saturated carbocycles. The first kappa shape index (κ1) is 11.7. The smallest absolute Gasteiger partial charge is 0.116 e. The van der Waals surface area contributed by atoms with Crippen molar-refractivity contribution in [2.75, 3.05) is 13.7 Å². The Kier molecular flexibility index (Phi) is 3.44. The molecule has 1 aromatic carbocycles. The van der Waals surface area contributed by atoms with Gasteiger partial charge in [-0.1, -0.05) is 6.07 Å². The van der Waals surface area contributed by atoms with Gasteiger partial charge in [-0.15, -0.1) is 0 Å². The molecule has 0 bridgehead atoms. The topological polar surface area (TPSA) is 47.3 Å². The van der Waals surface area contributed by atoms with Crippen LogP contribution in [0.4, 0.5) is 0 Å². The number of phenolic OH excluding ortho intramolecular Hbond substituents is 1. The molecule has 0 fully saturated rings. The molecule has 2 aromatic rings. The number of aromatic hydroxyl groups is 1. The Morgan fingerprint density at radius 3 is 3.00 bits per heavy atom. The standard InChI is InChI=1S/C13H16N2O2/c1-10-3-4-12(16)7-13(10)11-8-14-15(9-11)5-6-17-2/h3-4,7-9,16H,5-6H2,1-2H3. The van der Waals surface area contributed by atoms with Crippen molar-refractivity contribution in [3.05, 3.63) is 36.2 Å². The molecular weight excluding hydrogens is 216 g/mol. The number of phenols is 1. The van der Waals surface area contributed by atoms with Gasteiger partial charge in [0, 0.05) is 18.9 Å². The summed E-state index contributed by atoms with van der Waals surface area (Å²) in [7, 11) is 1.67. The Bertz CT molecular complexity index is 506. The number of aryl methyl sites for hydroxylation is 1. The van der Waals surface area contributed by atoms with Crippen molar-refractivity contribution in [2.24, 2.45) is 0 Å². The molecule has 4 heteroatoms. The van der Waals surface area contributed by atoms with E-state index in [1.165, 1.54) is 0 Å². The average Bonchev–Trinajstić information content (AvgIpc) is 2.78. The number of hydrogen-bond donors (Lipinski definition) is 1. The summed E-state index contributed by atoms with van der Waals surface area (Å²) < 4.78 is 6.84. The Balaban J connectivity index is 2.27. The zero-order valence-corrected chi connectivity index (χ0v) is 10.1. The predicted molar refractivity (Wildman–Crippen MR) is 65.9 cm³/mol. The second-order valence-electron chi connectivity index (χ2n) is 3.98. The minimum atomic E-state index is 0.273. The molecule has 0 atom stereocenters. The van der Waals surface area contributed by atoms with Gasteiger partial charge in [-0.3, -0.25) is 4.68 Å². The van der Waals surface area contributed by atoms with E-state index in [0.29, 0.717) is 6.61 Å². The van der Waals surface area contributed by atoms with Crippen LogP contribution in [0.1, 0.15) is 5.56 Å². The zero-order valence-electron chi connectivity index (χ0n) is 10.1. The van der Waals surface area contributed by atoms with E-state index in [2.05, 4.69) is 5.10 Å². The Morgan fingerprint density at radius 1 is 1.41 bits per heavy atom. The number of hydrogen-bond acceptors (Lipinski definition) is 3. The van der Waals surface area contributed by atoms with E-state index in [1.807, 2.05) is 23.9 Å². The predicted octanol–water partition coefficient (Wildman–Crippen LogP) is 2.21. The Labute approximate surface area is 100 Å². The summed E-state index contributed by atoms with van der Waals surface area (Å²) in [6.45, 7) is 3.38. The van der Waals surface area contributed by atoms with Gasteiger partial charge in [-0.2, -0.15) is 5.10 Å². The lowest BCUT2D eigenvalue weighted by Crippen LogP contribution is -2.03. The molecule has 0 aliphatic carbocycles. The first-order valence-electron chi connectivity index (χ1n) is 5.52. The maximum Gasteiger partial charge on any atom is 0.116 e. The van der Waals surface area contributed by atoms with Gasteiger partial charge in [0.15, 0.2) is 0 Å². The Morgan fingerprint density at radius 2 is 2.24 bits per heavy atom. The van der Waals surface area contributed by atoms with Crippen LogP contribution in [0, 0.1) is 6.92 Å². The number of ether oxygens (including phenoxy) is 1. The number of benzene rings is 1. The van der Waals surface area contributed by atoms with Crippen LogP contribution in [-0.4, -0.2) is 28.6 Å². The first-order valence-corrected chi connectivity index (χ1v) is 5.52. The van der Waals surface area contributed by atoms with Crippen molar-refractivity contribution in [1.82, 2.24) is 9.78 Å².